The average molecular weight is 273 g/mol. The highest BCUT2D eigenvalue weighted by Gasteiger charge is 2.21. The number of carbonyl (C=O) groups excluding carboxylic acids is 2. The van der Waals surface area contributed by atoms with E-state index in [1.54, 1.807) is 24.3 Å². The minimum Gasteiger partial charge on any atom is -0.450 e. The van der Waals surface area contributed by atoms with Crippen molar-refractivity contribution in [3.05, 3.63) is 35.9 Å². The van der Waals surface area contributed by atoms with Crippen molar-refractivity contribution in [1.82, 2.24) is 0 Å². The summed E-state index contributed by atoms with van der Waals surface area (Å²) in [5.74, 6) is -0.630. The van der Waals surface area contributed by atoms with Crippen molar-refractivity contribution in [2.75, 3.05) is 5.33 Å². The quantitative estimate of drug-likeness (QED) is 0.480. The van der Waals surface area contributed by atoms with Gasteiger partial charge in [0.15, 0.2) is 11.9 Å². The third-order valence-corrected chi connectivity index (χ3v) is 2.36. The maximum atomic E-state index is 11.5. The van der Waals surface area contributed by atoms with Gasteiger partial charge < -0.3 is 4.74 Å². The van der Waals surface area contributed by atoms with Crippen molar-refractivity contribution >= 4 is 27.7 Å². The number of benzene rings is 1. The van der Waals surface area contributed by atoms with Crippen LogP contribution in [0, 0.1) is 0 Å². The highest BCUT2D eigenvalue weighted by molar-refractivity contribution is 9.09. The molecule has 15 heavy (non-hydrogen) atoms. The van der Waals surface area contributed by atoms with Crippen molar-refractivity contribution < 1.29 is 14.3 Å². The Bertz CT molecular complexity index is 348. The van der Waals surface area contributed by atoms with E-state index in [9.17, 15) is 9.59 Å². The Kier molecular flexibility index (Phi) is 4.49. The number of rotatable bonds is 4. The van der Waals surface area contributed by atoms with Crippen molar-refractivity contribution in [1.29, 1.82) is 0 Å². The zero-order valence-electron chi connectivity index (χ0n) is 8.27. The van der Waals surface area contributed by atoms with Crippen molar-refractivity contribution in [2.45, 2.75) is 13.0 Å². The van der Waals surface area contributed by atoms with E-state index in [1.807, 2.05) is 6.07 Å². The molecule has 0 heterocycles. The van der Waals surface area contributed by atoms with Crippen LogP contribution in [-0.4, -0.2) is 17.1 Å². The number of hydrogen-bond donors (Lipinski definition) is 0. The zero-order valence-corrected chi connectivity index (χ0v) is 9.86. The van der Waals surface area contributed by atoms with Gasteiger partial charge in [-0.15, -0.1) is 0 Å². The Hall–Kier alpha value is -1.16. The van der Waals surface area contributed by atoms with Gasteiger partial charge in [-0.05, 0) is 0 Å². The molecule has 0 N–H and O–H groups in total. The molecule has 0 aliphatic rings. The summed E-state index contributed by atoms with van der Waals surface area (Å²) in [7, 11) is 0. The summed E-state index contributed by atoms with van der Waals surface area (Å²) in [6, 6.07) is 8.95. The molecule has 1 aromatic rings. The molecule has 0 amide bonds. The molecule has 0 bridgehead atoms. The topological polar surface area (TPSA) is 43.4 Å². The number of halogens is 1. The van der Waals surface area contributed by atoms with Gasteiger partial charge >= 0.3 is 5.97 Å². The van der Waals surface area contributed by atoms with E-state index in [1.165, 1.54) is 6.92 Å². The first-order valence-electron chi connectivity index (χ1n) is 4.46. The van der Waals surface area contributed by atoms with Gasteiger partial charge in [0.1, 0.15) is 0 Å². The maximum absolute atomic E-state index is 11.5. The second-order valence-corrected chi connectivity index (χ2v) is 3.56. The Labute approximate surface area is 96.6 Å². The van der Waals surface area contributed by atoms with E-state index < -0.39 is 12.1 Å². The van der Waals surface area contributed by atoms with E-state index in [-0.39, 0.29) is 11.1 Å². The Morgan fingerprint density at radius 3 is 2.53 bits per heavy atom. The smallest absolute Gasteiger partial charge is 0.303 e. The van der Waals surface area contributed by atoms with Crippen LogP contribution in [0.15, 0.2) is 30.3 Å². The summed E-state index contributed by atoms with van der Waals surface area (Å²) < 4.78 is 4.97. The molecule has 1 atom stereocenters. The minimum atomic E-state index is -0.803. The lowest BCUT2D eigenvalue weighted by atomic mass is 10.1. The molecule has 1 unspecified atom stereocenters. The largest absolute Gasteiger partial charge is 0.450 e. The van der Waals surface area contributed by atoms with Crippen LogP contribution in [0.2, 0.25) is 0 Å². The zero-order chi connectivity index (χ0) is 11.3. The molecule has 0 aromatic heterocycles. The lowest BCUT2D eigenvalue weighted by molar-refractivity contribution is -0.152. The molecule has 0 radical (unpaired) electrons. The highest BCUT2D eigenvalue weighted by atomic mass is 79.9. The first-order chi connectivity index (χ1) is 7.15. The summed E-state index contributed by atoms with van der Waals surface area (Å²) in [4.78, 5) is 22.4. The molecule has 0 spiro atoms. The average Bonchev–Trinajstić information content (AvgIpc) is 2.26. The number of hydrogen-bond acceptors (Lipinski definition) is 3. The molecule has 1 rings (SSSR count). The second-order valence-electron chi connectivity index (χ2n) is 3.00. The fourth-order valence-electron chi connectivity index (χ4n) is 1.18. The van der Waals surface area contributed by atoms with Crippen LogP contribution in [0.3, 0.4) is 0 Å². The summed E-state index contributed by atoms with van der Waals surface area (Å²) in [6.07, 6.45) is -0.803. The van der Waals surface area contributed by atoms with Crippen LogP contribution < -0.4 is 0 Å². The van der Waals surface area contributed by atoms with Crippen LogP contribution in [0.4, 0.5) is 0 Å². The van der Waals surface area contributed by atoms with E-state index >= 15 is 0 Å². The number of Topliss-reactive ketones (excluding diaryl/α,β-unsaturated/α-hetero) is 1. The predicted molar refractivity (Wildman–Crippen MR) is 59.8 cm³/mol. The first-order valence-corrected chi connectivity index (χ1v) is 5.58. The molecule has 3 nitrogen and oxygen atoms in total. The fraction of sp³-hybridized carbons (Fsp3) is 0.273. The summed E-state index contributed by atoms with van der Waals surface area (Å²) in [5.41, 5.74) is 0.692. The predicted octanol–water partition coefficient (Wildman–Crippen LogP) is 2.25. The summed E-state index contributed by atoms with van der Waals surface area (Å²) in [5, 5.41) is 0.167. The standard InChI is InChI=1S/C11H11BrO3/c1-8(13)15-11(10(14)7-12)9-5-3-2-4-6-9/h2-6,11H,7H2,1H3/i13+2. The van der Waals surface area contributed by atoms with E-state index in [2.05, 4.69) is 15.9 Å². The molecule has 0 saturated heterocycles. The van der Waals surface area contributed by atoms with Gasteiger partial charge in [0.25, 0.3) is 0 Å². The summed E-state index contributed by atoms with van der Waals surface area (Å²) >= 11 is 3.06. The Morgan fingerprint density at radius 1 is 1.47 bits per heavy atom. The van der Waals surface area contributed by atoms with Gasteiger partial charge in [-0.3, -0.25) is 9.59 Å². The van der Waals surface area contributed by atoms with Gasteiger partial charge in [0.2, 0.25) is 0 Å². The molecule has 80 valence electrons. The van der Waals surface area contributed by atoms with Crippen molar-refractivity contribution in [3.63, 3.8) is 0 Å². The molecule has 1 aromatic carbocycles. The summed E-state index contributed by atoms with van der Waals surface area (Å²) in [6.45, 7) is 1.29. The first kappa shape index (κ1) is 11.9. The number of alkyl halides is 1. The van der Waals surface area contributed by atoms with E-state index in [0.717, 1.165) is 0 Å². The molecule has 0 aliphatic heterocycles. The Morgan fingerprint density at radius 2 is 2.07 bits per heavy atom. The third kappa shape index (κ3) is 3.47. The number of ether oxygens (including phenoxy) is 1. The Balaban J connectivity index is 2.91. The van der Waals surface area contributed by atoms with Crippen LogP contribution in [0.25, 0.3) is 0 Å². The van der Waals surface area contributed by atoms with Gasteiger partial charge in [-0.1, -0.05) is 46.3 Å². The third-order valence-electron chi connectivity index (χ3n) is 1.81. The fourth-order valence-corrected chi connectivity index (χ4v) is 1.48. The maximum Gasteiger partial charge on any atom is 0.303 e. The molecule has 0 fully saturated rings. The monoisotopic (exact) mass is 272 g/mol. The molecule has 0 saturated carbocycles. The van der Waals surface area contributed by atoms with Crippen molar-refractivity contribution in [2.24, 2.45) is 0 Å². The van der Waals surface area contributed by atoms with Gasteiger partial charge in [0.05, 0.1) is 5.33 Å². The van der Waals surface area contributed by atoms with Gasteiger partial charge in [-0.25, -0.2) is 0 Å². The lowest BCUT2D eigenvalue weighted by Crippen LogP contribution is -2.19. The van der Waals surface area contributed by atoms with Crippen LogP contribution >= 0.6 is 15.9 Å². The van der Waals surface area contributed by atoms with E-state index in [0.29, 0.717) is 5.56 Å². The van der Waals surface area contributed by atoms with Crippen LogP contribution in [-0.2, 0) is 14.3 Å². The highest BCUT2D eigenvalue weighted by Crippen LogP contribution is 2.19. The van der Waals surface area contributed by atoms with Gasteiger partial charge in [0, 0.05) is 12.5 Å². The molecular formula is C11H11BrO3. The number of ketones is 1. The number of esters is 1. The van der Waals surface area contributed by atoms with Gasteiger partial charge in [-0.2, -0.15) is 0 Å². The normalized spacial score (nSPS) is 11.9. The van der Waals surface area contributed by atoms with Crippen LogP contribution in [0.1, 0.15) is 18.6 Å². The number of carbonyl (C=O) groups is 2. The van der Waals surface area contributed by atoms with Crippen LogP contribution in [0.5, 0.6) is 0 Å². The van der Waals surface area contributed by atoms with Crippen molar-refractivity contribution in [3.8, 4) is 0 Å². The SMILES string of the molecule is CC(=[18O])OC(C(=O)CBr)c1ccccc1. The molecule has 0 aliphatic carbocycles. The minimum absolute atomic E-state index is 0.167. The second kappa shape index (κ2) is 5.66. The molecular weight excluding hydrogens is 262 g/mol. The van der Waals surface area contributed by atoms with E-state index in [4.69, 9.17) is 4.74 Å². The lowest BCUT2D eigenvalue weighted by Gasteiger charge is -2.14. The molecule has 4 heteroatoms.